The van der Waals surface area contributed by atoms with Crippen molar-refractivity contribution in [2.24, 2.45) is 0 Å². The topological polar surface area (TPSA) is 62.8 Å². The van der Waals surface area contributed by atoms with Crippen molar-refractivity contribution >= 4 is 28.9 Å². The highest BCUT2D eigenvalue weighted by Crippen LogP contribution is 2.37. The molecule has 0 unspecified atom stereocenters. The van der Waals surface area contributed by atoms with Gasteiger partial charge < -0.3 is 20.4 Å². The lowest BCUT2D eigenvalue weighted by atomic mass is 9.96. The maximum absolute atomic E-state index is 13.5. The fourth-order valence-corrected chi connectivity index (χ4v) is 5.12. The quantitative estimate of drug-likeness (QED) is 0.137. The van der Waals surface area contributed by atoms with E-state index in [1.807, 2.05) is 48.5 Å². The zero-order valence-corrected chi connectivity index (χ0v) is 23.5. The summed E-state index contributed by atoms with van der Waals surface area (Å²) in [6.07, 6.45) is -3.73. The highest BCUT2D eigenvalue weighted by Gasteiger charge is 2.30. The van der Waals surface area contributed by atoms with Gasteiger partial charge in [0.15, 0.2) is 10.9 Å². The molecule has 0 bridgehead atoms. The second-order valence-corrected chi connectivity index (χ2v) is 10.1. The van der Waals surface area contributed by atoms with Crippen molar-refractivity contribution in [1.29, 1.82) is 0 Å². The molecular formula is C32H28F3N3O3S. The number of carbonyl (C=O) groups excluding carboxylic acids is 1. The first-order chi connectivity index (χ1) is 20.2. The maximum atomic E-state index is 13.5. The number of amides is 1. The van der Waals surface area contributed by atoms with Gasteiger partial charge >= 0.3 is 6.18 Å². The molecule has 1 aliphatic heterocycles. The Morgan fingerprint density at radius 2 is 1.71 bits per heavy atom. The number of hydrogen-bond donors (Lipinski definition) is 2. The number of nitrogens with one attached hydrogen (secondary N) is 2. The van der Waals surface area contributed by atoms with E-state index < -0.39 is 17.6 Å². The first-order valence-electron chi connectivity index (χ1n) is 13.2. The second-order valence-electron chi connectivity index (χ2n) is 9.76. The van der Waals surface area contributed by atoms with Crippen molar-refractivity contribution in [1.82, 2.24) is 10.2 Å². The van der Waals surface area contributed by atoms with Gasteiger partial charge in [-0.3, -0.25) is 4.79 Å². The predicted molar refractivity (Wildman–Crippen MR) is 159 cm³/mol. The van der Waals surface area contributed by atoms with Crippen molar-refractivity contribution in [3.63, 3.8) is 0 Å². The van der Waals surface area contributed by atoms with Crippen LogP contribution in [0.5, 0.6) is 5.75 Å². The number of rotatable bonds is 7. The van der Waals surface area contributed by atoms with Gasteiger partial charge in [0, 0.05) is 30.9 Å². The van der Waals surface area contributed by atoms with Crippen molar-refractivity contribution in [3.05, 3.63) is 119 Å². The average molecular weight is 592 g/mol. The second kappa shape index (κ2) is 12.6. The molecule has 42 heavy (non-hydrogen) atoms. The van der Waals surface area contributed by atoms with E-state index in [1.165, 1.54) is 19.2 Å². The lowest BCUT2D eigenvalue weighted by Crippen LogP contribution is -2.42. The first kappa shape index (κ1) is 29.1. The molecule has 0 atom stereocenters. The smallest absolute Gasteiger partial charge is 0.358 e. The minimum absolute atomic E-state index is 0.201. The molecule has 4 aromatic carbocycles. The van der Waals surface area contributed by atoms with Crippen LogP contribution in [0.4, 0.5) is 18.9 Å². The average Bonchev–Trinajstić information content (AvgIpc) is 3.00. The summed E-state index contributed by atoms with van der Waals surface area (Å²) in [4.78, 5) is 25.7. The Balaban J connectivity index is 1.31. The normalized spacial score (nSPS) is 12.8. The number of fused-ring (bicyclic) bond motifs is 1. The predicted octanol–water partition coefficient (Wildman–Crippen LogP) is 7.00. The molecule has 0 fully saturated rings. The number of nitrogens with zero attached hydrogens (tertiary/aromatic N) is 1. The zero-order valence-electron chi connectivity index (χ0n) is 22.7. The van der Waals surface area contributed by atoms with Gasteiger partial charge in [0.25, 0.3) is 5.91 Å². The van der Waals surface area contributed by atoms with Crippen LogP contribution in [-0.4, -0.2) is 29.6 Å². The van der Waals surface area contributed by atoms with Crippen LogP contribution in [0.15, 0.2) is 91.0 Å². The molecule has 0 spiro atoms. The molecule has 0 aromatic heterocycles. The van der Waals surface area contributed by atoms with Crippen LogP contribution in [0.25, 0.3) is 11.1 Å². The van der Waals surface area contributed by atoms with E-state index in [0.717, 1.165) is 41.8 Å². The van der Waals surface area contributed by atoms with Crippen molar-refractivity contribution in [3.8, 4) is 16.9 Å². The molecule has 10 heteroatoms. The minimum atomic E-state index is -4.48. The summed E-state index contributed by atoms with van der Waals surface area (Å²) < 4.78 is 39.4. The van der Waals surface area contributed by atoms with Gasteiger partial charge in [-0.15, -0.1) is 0 Å². The third-order valence-electron chi connectivity index (χ3n) is 7.00. The molecule has 0 aliphatic carbocycles. The van der Waals surface area contributed by atoms with E-state index in [9.17, 15) is 18.0 Å². The van der Waals surface area contributed by atoms with Crippen LogP contribution >= 0.6 is 12.2 Å². The molecule has 1 heterocycles. The Morgan fingerprint density at radius 1 is 0.952 bits per heavy atom. The Labute approximate surface area is 247 Å². The minimum Gasteiger partial charge on any atom is -0.358 e. The van der Waals surface area contributed by atoms with Crippen molar-refractivity contribution < 1.29 is 27.7 Å². The van der Waals surface area contributed by atoms with Crippen LogP contribution in [0.2, 0.25) is 0 Å². The number of anilines is 1. The van der Waals surface area contributed by atoms with E-state index in [-0.39, 0.29) is 11.3 Å². The molecule has 2 N–H and O–H groups in total. The highest BCUT2D eigenvalue weighted by atomic mass is 32.1. The van der Waals surface area contributed by atoms with Gasteiger partial charge in [-0.05, 0) is 77.3 Å². The third kappa shape index (κ3) is 6.72. The van der Waals surface area contributed by atoms with E-state index in [4.69, 9.17) is 22.0 Å². The van der Waals surface area contributed by atoms with E-state index in [2.05, 4.69) is 15.5 Å². The Kier molecular flexibility index (Phi) is 8.75. The summed E-state index contributed by atoms with van der Waals surface area (Å²) in [6.45, 7) is 2.04. The SMILES string of the molecule is COOc1cccc(C(=O)Nc2ccc3c(c2)CCN(C(=S)NCc2ccccc2)C3)c1-c1ccc(C(F)(F)F)cc1. The summed E-state index contributed by atoms with van der Waals surface area (Å²) >= 11 is 5.63. The molecular weight excluding hydrogens is 563 g/mol. The van der Waals surface area contributed by atoms with Gasteiger partial charge in [0.2, 0.25) is 0 Å². The molecule has 4 aromatic rings. The Morgan fingerprint density at radius 3 is 2.43 bits per heavy atom. The lowest BCUT2D eigenvalue weighted by molar-refractivity contribution is -0.177. The van der Waals surface area contributed by atoms with Gasteiger partial charge in [-0.25, -0.2) is 0 Å². The Hall–Kier alpha value is -4.41. The van der Waals surface area contributed by atoms with Crippen molar-refractivity contribution in [2.75, 3.05) is 19.0 Å². The lowest BCUT2D eigenvalue weighted by Gasteiger charge is -2.31. The van der Waals surface area contributed by atoms with Crippen LogP contribution in [-0.2, 0) is 30.6 Å². The van der Waals surface area contributed by atoms with E-state index in [0.29, 0.717) is 35.0 Å². The van der Waals surface area contributed by atoms with Crippen LogP contribution < -0.4 is 15.5 Å². The van der Waals surface area contributed by atoms with Gasteiger partial charge in [0.05, 0.1) is 18.2 Å². The fraction of sp³-hybridized carbons (Fsp3) is 0.188. The number of alkyl halides is 3. The standard InChI is InChI=1S/C32H28F3N3O3S/c1-40-41-28-9-5-8-27(29(28)22-10-13-25(14-11-22)32(33,34)35)30(39)37-26-15-12-24-20-38(17-16-23(24)18-26)31(42)36-19-21-6-3-2-4-7-21/h2-15,18H,16-17,19-20H2,1H3,(H,36,42)(H,37,39). The van der Waals surface area contributed by atoms with Crippen LogP contribution in [0, 0.1) is 0 Å². The van der Waals surface area contributed by atoms with Gasteiger partial charge in [-0.2, -0.15) is 18.1 Å². The van der Waals surface area contributed by atoms with E-state index >= 15 is 0 Å². The van der Waals surface area contributed by atoms with Crippen LogP contribution in [0.3, 0.4) is 0 Å². The molecule has 0 radical (unpaired) electrons. The number of thiocarbonyl (C=S) groups is 1. The summed E-state index contributed by atoms with van der Waals surface area (Å²) in [7, 11) is 1.31. The molecule has 0 saturated carbocycles. The molecule has 6 nitrogen and oxygen atoms in total. The molecule has 216 valence electrons. The van der Waals surface area contributed by atoms with Gasteiger partial charge in [0.1, 0.15) is 0 Å². The molecule has 5 rings (SSSR count). The molecule has 1 aliphatic rings. The molecule has 0 saturated heterocycles. The summed E-state index contributed by atoms with van der Waals surface area (Å²) in [6, 6.07) is 25.1. The fourth-order valence-electron chi connectivity index (χ4n) is 4.89. The summed E-state index contributed by atoms with van der Waals surface area (Å²) in [5, 5.41) is 6.94. The monoisotopic (exact) mass is 591 g/mol. The summed E-state index contributed by atoms with van der Waals surface area (Å²) in [5.74, 6) is -0.234. The van der Waals surface area contributed by atoms with Gasteiger partial charge in [-0.1, -0.05) is 54.6 Å². The number of hydrogen-bond acceptors (Lipinski definition) is 4. The Bertz CT molecular complexity index is 1580. The highest BCUT2D eigenvalue weighted by molar-refractivity contribution is 7.80. The number of benzene rings is 4. The number of halogens is 3. The maximum Gasteiger partial charge on any atom is 0.416 e. The zero-order chi connectivity index (χ0) is 29.7. The molecule has 1 amide bonds. The largest absolute Gasteiger partial charge is 0.416 e. The van der Waals surface area contributed by atoms with Crippen molar-refractivity contribution in [2.45, 2.75) is 25.7 Å². The van der Waals surface area contributed by atoms with Crippen LogP contribution in [0.1, 0.15) is 32.6 Å². The first-order valence-corrected chi connectivity index (χ1v) is 13.6. The number of carbonyl (C=O) groups is 1. The summed E-state index contributed by atoms with van der Waals surface area (Å²) in [5.41, 5.74) is 4.11. The van der Waals surface area contributed by atoms with E-state index in [1.54, 1.807) is 18.2 Å². The third-order valence-corrected chi connectivity index (χ3v) is 7.40.